The summed E-state index contributed by atoms with van der Waals surface area (Å²) in [4.78, 5) is 33.5. The van der Waals surface area contributed by atoms with Crippen LogP contribution in [0.4, 0.5) is 0 Å². The van der Waals surface area contributed by atoms with Gasteiger partial charge in [0.1, 0.15) is 0 Å². The van der Waals surface area contributed by atoms with Crippen LogP contribution in [0.1, 0.15) is 28.8 Å². The maximum absolute atomic E-state index is 13.0. The molecule has 0 atom stereocenters. The highest BCUT2D eigenvalue weighted by atomic mass is 16.2. The molecule has 1 aliphatic carbocycles. The molecule has 3 aromatic rings. The van der Waals surface area contributed by atoms with Gasteiger partial charge in [-0.15, -0.1) is 0 Å². The molecule has 0 radical (unpaired) electrons. The minimum absolute atomic E-state index is 0.0210. The molecule has 1 saturated carbocycles. The van der Waals surface area contributed by atoms with E-state index in [9.17, 15) is 9.59 Å². The Hall–Kier alpha value is -3.26. The van der Waals surface area contributed by atoms with Crippen molar-refractivity contribution < 1.29 is 9.59 Å². The van der Waals surface area contributed by atoms with Crippen molar-refractivity contribution in [3.63, 3.8) is 0 Å². The molecule has 5 rings (SSSR count). The number of nitrogens with zero attached hydrogens (tertiary/aromatic N) is 5. The lowest BCUT2D eigenvalue weighted by atomic mass is 10.2. The van der Waals surface area contributed by atoms with Crippen molar-refractivity contribution in [2.24, 2.45) is 0 Å². The summed E-state index contributed by atoms with van der Waals surface area (Å²) in [6, 6.07) is 12.4. The van der Waals surface area contributed by atoms with E-state index in [1.54, 1.807) is 12.4 Å². The summed E-state index contributed by atoms with van der Waals surface area (Å²) in [5.41, 5.74) is 2.50. The van der Waals surface area contributed by atoms with Crippen LogP contribution >= 0.6 is 0 Å². The normalized spacial score (nSPS) is 17.1. The summed E-state index contributed by atoms with van der Waals surface area (Å²) in [7, 11) is 0. The highest BCUT2D eigenvalue weighted by Gasteiger charge is 2.27. The third-order valence-corrected chi connectivity index (χ3v) is 5.87. The predicted molar refractivity (Wildman–Crippen MR) is 117 cm³/mol. The van der Waals surface area contributed by atoms with Gasteiger partial charge in [0.2, 0.25) is 5.91 Å². The summed E-state index contributed by atoms with van der Waals surface area (Å²) in [6.07, 6.45) is 5.59. The van der Waals surface area contributed by atoms with Crippen LogP contribution in [0.25, 0.3) is 11.0 Å². The Bertz CT molecular complexity index is 1080. The average Bonchev–Trinajstić information content (AvgIpc) is 3.52. The van der Waals surface area contributed by atoms with Crippen LogP contribution in [0, 0.1) is 0 Å². The van der Waals surface area contributed by atoms with Gasteiger partial charge in [-0.25, -0.2) is 9.67 Å². The lowest BCUT2D eigenvalue weighted by Crippen LogP contribution is -2.51. The van der Waals surface area contributed by atoms with Crippen LogP contribution in [-0.4, -0.2) is 75.1 Å². The molecule has 2 aromatic heterocycles. The first-order valence-electron chi connectivity index (χ1n) is 10.8. The van der Waals surface area contributed by atoms with E-state index < -0.39 is 0 Å². The van der Waals surface area contributed by atoms with E-state index in [2.05, 4.69) is 32.4 Å². The number of piperazine rings is 1. The fourth-order valence-corrected chi connectivity index (χ4v) is 3.96. The number of fused-ring (bicyclic) bond motifs is 1. The SMILES string of the molecule is O=C(CN1CCN(C(=O)c2cnc3c(cnn3Cc3ccccc3)c2)CC1)NC1CC1. The highest BCUT2D eigenvalue weighted by Crippen LogP contribution is 2.19. The van der Waals surface area contributed by atoms with Crippen molar-refractivity contribution >= 4 is 22.8 Å². The van der Waals surface area contributed by atoms with Gasteiger partial charge in [-0.05, 0) is 24.5 Å². The Kier molecular flexibility index (Phi) is 5.38. The molecule has 0 spiro atoms. The maximum atomic E-state index is 13.0. The van der Waals surface area contributed by atoms with Crippen molar-refractivity contribution in [2.75, 3.05) is 32.7 Å². The summed E-state index contributed by atoms with van der Waals surface area (Å²) in [6.45, 7) is 3.68. The molecule has 0 unspecified atom stereocenters. The van der Waals surface area contributed by atoms with Gasteiger partial charge in [0.25, 0.3) is 5.91 Å². The quantitative estimate of drug-likeness (QED) is 0.656. The van der Waals surface area contributed by atoms with Crippen LogP contribution < -0.4 is 5.32 Å². The maximum Gasteiger partial charge on any atom is 0.255 e. The number of hydrogen-bond acceptors (Lipinski definition) is 5. The van der Waals surface area contributed by atoms with Gasteiger partial charge in [-0.2, -0.15) is 5.10 Å². The topological polar surface area (TPSA) is 83.4 Å². The van der Waals surface area contributed by atoms with Gasteiger partial charge in [0.05, 0.1) is 24.8 Å². The molecule has 2 fully saturated rings. The van der Waals surface area contributed by atoms with Crippen molar-refractivity contribution in [3.05, 3.63) is 59.9 Å². The molecule has 1 aromatic carbocycles. The lowest BCUT2D eigenvalue weighted by molar-refractivity contribution is -0.122. The number of rotatable bonds is 6. The summed E-state index contributed by atoms with van der Waals surface area (Å²) in [5.74, 6) is 0.0664. The third-order valence-electron chi connectivity index (χ3n) is 5.87. The summed E-state index contributed by atoms with van der Waals surface area (Å²) >= 11 is 0. The second kappa shape index (κ2) is 8.47. The van der Waals surface area contributed by atoms with Crippen molar-refractivity contribution in [1.82, 2.24) is 29.9 Å². The van der Waals surface area contributed by atoms with E-state index in [1.165, 1.54) is 0 Å². The molecular formula is C23H26N6O2. The van der Waals surface area contributed by atoms with Gasteiger partial charge >= 0.3 is 0 Å². The Morgan fingerprint density at radius 3 is 2.55 bits per heavy atom. The number of benzene rings is 1. The monoisotopic (exact) mass is 418 g/mol. The summed E-state index contributed by atoms with van der Waals surface area (Å²) < 4.78 is 1.85. The molecule has 0 bridgehead atoms. The van der Waals surface area contributed by atoms with Gasteiger partial charge in [0.15, 0.2) is 5.65 Å². The first kappa shape index (κ1) is 19.7. The molecule has 3 heterocycles. The van der Waals surface area contributed by atoms with E-state index in [1.807, 2.05) is 33.8 Å². The molecule has 160 valence electrons. The first-order chi connectivity index (χ1) is 15.2. The van der Waals surface area contributed by atoms with Crippen LogP contribution in [-0.2, 0) is 11.3 Å². The van der Waals surface area contributed by atoms with Crippen molar-refractivity contribution in [3.8, 4) is 0 Å². The summed E-state index contributed by atoms with van der Waals surface area (Å²) in [5, 5.41) is 8.33. The molecular weight excluding hydrogens is 392 g/mol. The second-order valence-electron chi connectivity index (χ2n) is 8.33. The molecule has 8 heteroatoms. The van der Waals surface area contributed by atoms with Gasteiger partial charge in [0, 0.05) is 43.8 Å². The fourth-order valence-electron chi connectivity index (χ4n) is 3.96. The molecule has 8 nitrogen and oxygen atoms in total. The van der Waals surface area contributed by atoms with E-state index in [4.69, 9.17) is 0 Å². The van der Waals surface area contributed by atoms with Crippen molar-refractivity contribution in [2.45, 2.75) is 25.4 Å². The first-order valence-corrected chi connectivity index (χ1v) is 10.8. The predicted octanol–water partition coefficient (Wildman–Crippen LogP) is 1.52. The highest BCUT2D eigenvalue weighted by molar-refractivity contribution is 5.97. The molecule has 2 amide bonds. The van der Waals surface area contributed by atoms with E-state index in [-0.39, 0.29) is 11.8 Å². The number of aromatic nitrogens is 3. The number of nitrogens with one attached hydrogen (secondary N) is 1. The molecule has 1 N–H and O–H groups in total. The Balaban J connectivity index is 1.20. The van der Waals surface area contributed by atoms with Crippen molar-refractivity contribution in [1.29, 1.82) is 0 Å². The third kappa shape index (κ3) is 4.59. The van der Waals surface area contributed by atoms with Gasteiger partial charge < -0.3 is 10.2 Å². The number of amides is 2. The Morgan fingerprint density at radius 2 is 1.81 bits per heavy atom. The number of carbonyl (C=O) groups is 2. The average molecular weight is 419 g/mol. The van der Waals surface area contributed by atoms with Gasteiger partial charge in [-0.1, -0.05) is 30.3 Å². The zero-order valence-electron chi connectivity index (χ0n) is 17.4. The van der Waals surface area contributed by atoms with Crippen LogP contribution in [0.2, 0.25) is 0 Å². The smallest absolute Gasteiger partial charge is 0.255 e. The number of pyridine rings is 1. The van der Waals surface area contributed by atoms with Gasteiger partial charge in [-0.3, -0.25) is 14.5 Å². The fraction of sp³-hybridized carbons (Fsp3) is 0.391. The van der Waals surface area contributed by atoms with E-state index in [0.29, 0.717) is 50.9 Å². The minimum atomic E-state index is -0.0210. The van der Waals surface area contributed by atoms with Crippen LogP contribution in [0.3, 0.4) is 0 Å². The van der Waals surface area contributed by atoms with Crippen LogP contribution in [0.5, 0.6) is 0 Å². The zero-order chi connectivity index (χ0) is 21.2. The lowest BCUT2D eigenvalue weighted by Gasteiger charge is -2.34. The minimum Gasteiger partial charge on any atom is -0.352 e. The Morgan fingerprint density at radius 1 is 1.03 bits per heavy atom. The van der Waals surface area contributed by atoms with Crippen LogP contribution in [0.15, 0.2) is 48.8 Å². The molecule has 2 aliphatic rings. The standard InChI is InChI=1S/C23H26N6O2/c30-21(26-20-6-7-20)16-27-8-10-28(11-9-27)23(31)19-12-18-14-25-29(22(18)24-13-19)15-17-4-2-1-3-5-17/h1-5,12-14,20H,6-11,15-16H2,(H,26,30). The number of hydrogen-bond donors (Lipinski definition) is 1. The molecule has 1 saturated heterocycles. The Labute approximate surface area is 180 Å². The largest absolute Gasteiger partial charge is 0.352 e. The van der Waals surface area contributed by atoms with E-state index in [0.717, 1.165) is 29.4 Å². The molecule has 1 aliphatic heterocycles. The number of carbonyl (C=O) groups excluding carboxylic acids is 2. The van der Waals surface area contributed by atoms with E-state index >= 15 is 0 Å². The second-order valence-corrected chi connectivity index (χ2v) is 8.33. The molecule has 31 heavy (non-hydrogen) atoms. The zero-order valence-corrected chi connectivity index (χ0v) is 17.4.